The SMILES string of the molecule is COc1cc(/C=N/NC(=O)CNc2cccc3ccccc23)ccc1OC(=O)c1ccccc1. The molecule has 4 aromatic carbocycles. The number of ether oxygens (including phenoxy) is 2. The van der Waals surface area contributed by atoms with Gasteiger partial charge in [-0.2, -0.15) is 5.10 Å². The highest BCUT2D eigenvalue weighted by atomic mass is 16.6. The predicted octanol–water partition coefficient (Wildman–Crippen LogP) is 4.63. The molecule has 0 spiro atoms. The van der Waals surface area contributed by atoms with Crippen LogP contribution in [-0.4, -0.2) is 31.7 Å². The summed E-state index contributed by atoms with van der Waals surface area (Å²) >= 11 is 0. The molecule has 2 N–H and O–H groups in total. The Hall–Kier alpha value is -4.65. The van der Waals surface area contributed by atoms with Gasteiger partial charge in [0.25, 0.3) is 5.91 Å². The maximum absolute atomic E-state index is 12.3. The van der Waals surface area contributed by atoms with Gasteiger partial charge < -0.3 is 14.8 Å². The lowest BCUT2D eigenvalue weighted by Crippen LogP contribution is -2.25. The van der Waals surface area contributed by atoms with Gasteiger partial charge in [0.15, 0.2) is 11.5 Å². The van der Waals surface area contributed by atoms with Crippen molar-refractivity contribution < 1.29 is 19.1 Å². The number of hydrazone groups is 1. The molecular weight excluding hydrogens is 430 g/mol. The van der Waals surface area contributed by atoms with Crippen LogP contribution in [0, 0.1) is 0 Å². The number of amides is 1. The fourth-order valence-electron chi connectivity index (χ4n) is 3.36. The van der Waals surface area contributed by atoms with Crippen molar-refractivity contribution in [1.82, 2.24) is 5.43 Å². The molecule has 0 aliphatic heterocycles. The van der Waals surface area contributed by atoms with Crippen LogP contribution >= 0.6 is 0 Å². The molecule has 4 rings (SSSR count). The molecule has 7 nitrogen and oxygen atoms in total. The standard InChI is InChI=1S/C27H23N3O4/c1-33-25-16-19(14-15-24(25)34-27(32)21-9-3-2-4-10-21)17-29-30-26(31)18-28-23-13-7-11-20-8-5-6-12-22(20)23/h2-17,28H,18H2,1H3,(H,30,31)/b29-17+. The smallest absolute Gasteiger partial charge is 0.343 e. The molecule has 4 aromatic rings. The van der Waals surface area contributed by atoms with Crippen LogP contribution in [0.2, 0.25) is 0 Å². The molecule has 0 unspecified atom stereocenters. The van der Waals surface area contributed by atoms with E-state index in [9.17, 15) is 9.59 Å². The van der Waals surface area contributed by atoms with Crippen molar-refractivity contribution in [2.75, 3.05) is 19.0 Å². The van der Waals surface area contributed by atoms with Crippen LogP contribution in [0.3, 0.4) is 0 Å². The molecule has 0 atom stereocenters. The Morgan fingerprint density at radius 3 is 2.47 bits per heavy atom. The Morgan fingerprint density at radius 1 is 0.882 bits per heavy atom. The minimum absolute atomic E-state index is 0.0725. The molecule has 0 radical (unpaired) electrons. The highest BCUT2D eigenvalue weighted by Crippen LogP contribution is 2.28. The van der Waals surface area contributed by atoms with Crippen LogP contribution in [0.25, 0.3) is 10.8 Å². The Morgan fingerprint density at radius 2 is 1.65 bits per heavy atom. The average Bonchev–Trinajstić information content (AvgIpc) is 2.88. The molecule has 1 amide bonds. The second-order valence-electron chi connectivity index (χ2n) is 7.34. The first kappa shape index (κ1) is 22.5. The Bertz CT molecular complexity index is 1330. The Kier molecular flexibility index (Phi) is 7.15. The molecule has 7 heteroatoms. The van der Waals surface area contributed by atoms with E-state index in [0.29, 0.717) is 16.9 Å². The van der Waals surface area contributed by atoms with Crippen LogP contribution in [0.5, 0.6) is 11.5 Å². The van der Waals surface area contributed by atoms with Gasteiger partial charge in [0.2, 0.25) is 0 Å². The molecule has 0 bridgehead atoms. The molecule has 0 aromatic heterocycles. The van der Waals surface area contributed by atoms with Gasteiger partial charge in [-0.1, -0.05) is 54.6 Å². The molecule has 0 heterocycles. The lowest BCUT2D eigenvalue weighted by molar-refractivity contribution is -0.119. The third kappa shape index (κ3) is 5.58. The second kappa shape index (κ2) is 10.8. The first-order valence-corrected chi connectivity index (χ1v) is 10.6. The van der Waals surface area contributed by atoms with E-state index in [4.69, 9.17) is 9.47 Å². The number of nitrogens with zero attached hydrogens (tertiary/aromatic N) is 1. The zero-order valence-electron chi connectivity index (χ0n) is 18.5. The van der Waals surface area contributed by atoms with Crippen LogP contribution in [0.4, 0.5) is 5.69 Å². The predicted molar refractivity (Wildman–Crippen MR) is 133 cm³/mol. The summed E-state index contributed by atoms with van der Waals surface area (Å²) in [5.41, 5.74) is 4.48. The summed E-state index contributed by atoms with van der Waals surface area (Å²) in [6.45, 7) is 0.0725. The molecular formula is C27H23N3O4. The third-order valence-corrected chi connectivity index (χ3v) is 5.03. The van der Waals surface area contributed by atoms with E-state index in [1.807, 2.05) is 48.5 Å². The van der Waals surface area contributed by atoms with E-state index in [0.717, 1.165) is 16.5 Å². The molecule has 0 saturated heterocycles. The molecule has 34 heavy (non-hydrogen) atoms. The van der Waals surface area contributed by atoms with Crippen molar-refractivity contribution in [2.24, 2.45) is 5.10 Å². The molecule has 0 aliphatic rings. The summed E-state index contributed by atoms with van der Waals surface area (Å²) in [7, 11) is 1.48. The Balaban J connectivity index is 1.34. The summed E-state index contributed by atoms with van der Waals surface area (Å²) in [4.78, 5) is 24.5. The summed E-state index contributed by atoms with van der Waals surface area (Å²) in [6, 6.07) is 27.5. The molecule has 0 aliphatic carbocycles. The normalized spacial score (nSPS) is 10.7. The molecule has 170 valence electrons. The van der Waals surface area contributed by atoms with E-state index in [1.165, 1.54) is 13.3 Å². The van der Waals surface area contributed by atoms with Crippen LogP contribution in [0.15, 0.2) is 96.1 Å². The zero-order valence-corrected chi connectivity index (χ0v) is 18.5. The van der Waals surface area contributed by atoms with Crippen LogP contribution < -0.4 is 20.2 Å². The van der Waals surface area contributed by atoms with E-state index in [1.54, 1.807) is 42.5 Å². The summed E-state index contributed by atoms with van der Waals surface area (Å²) in [5.74, 6) is -0.107. The number of benzene rings is 4. The number of nitrogens with one attached hydrogen (secondary N) is 2. The maximum atomic E-state index is 12.3. The van der Waals surface area contributed by atoms with Gasteiger partial charge in [0, 0.05) is 11.1 Å². The quantitative estimate of drug-likeness (QED) is 0.176. The number of anilines is 1. The first-order chi connectivity index (χ1) is 16.6. The van der Waals surface area contributed by atoms with Crippen molar-refractivity contribution in [2.45, 2.75) is 0 Å². The monoisotopic (exact) mass is 453 g/mol. The zero-order chi connectivity index (χ0) is 23.8. The second-order valence-corrected chi connectivity index (χ2v) is 7.34. The van der Waals surface area contributed by atoms with E-state index >= 15 is 0 Å². The largest absolute Gasteiger partial charge is 0.493 e. The van der Waals surface area contributed by atoms with Crippen molar-refractivity contribution in [1.29, 1.82) is 0 Å². The van der Waals surface area contributed by atoms with Crippen molar-refractivity contribution in [3.8, 4) is 11.5 Å². The number of rotatable bonds is 8. The van der Waals surface area contributed by atoms with Gasteiger partial charge in [-0.15, -0.1) is 0 Å². The van der Waals surface area contributed by atoms with Crippen molar-refractivity contribution >= 4 is 34.6 Å². The fraction of sp³-hybridized carbons (Fsp3) is 0.0741. The summed E-state index contributed by atoms with van der Waals surface area (Å²) < 4.78 is 10.8. The molecule has 0 saturated carbocycles. The van der Waals surface area contributed by atoms with Crippen LogP contribution in [0.1, 0.15) is 15.9 Å². The van der Waals surface area contributed by atoms with Crippen molar-refractivity contribution in [3.05, 3.63) is 102 Å². The topological polar surface area (TPSA) is 89.0 Å². The van der Waals surface area contributed by atoms with E-state index < -0.39 is 5.97 Å². The first-order valence-electron chi connectivity index (χ1n) is 10.6. The number of carbonyl (C=O) groups excluding carboxylic acids is 2. The van der Waals surface area contributed by atoms with Crippen molar-refractivity contribution in [3.63, 3.8) is 0 Å². The summed E-state index contributed by atoms with van der Waals surface area (Å²) in [6.07, 6.45) is 1.49. The van der Waals surface area contributed by atoms with E-state index in [-0.39, 0.29) is 18.2 Å². The van der Waals surface area contributed by atoms with Crippen LogP contribution in [-0.2, 0) is 4.79 Å². The average molecular weight is 453 g/mol. The number of hydrogen-bond donors (Lipinski definition) is 2. The minimum Gasteiger partial charge on any atom is -0.493 e. The highest BCUT2D eigenvalue weighted by molar-refractivity contribution is 5.95. The Labute approximate surface area is 197 Å². The highest BCUT2D eigenvalue weighted by Gasteiger charge is 2.12. The lowest BCUT2D eigenvalue weighted by Gasteiger charge is -2.10. The van der Waals surface area contributed by atoms with Gasteiger partial charge >= 0.3 is 5.97 Å². The number of carbonyl (C=O) groups is 2. The van der Waals surface area contributed by atoms with Gasteiger partial charge in [0.1, 0.15) is 0 Å². The minimum atomic E-state index is -0.480. The third-order valence-electron chi connectivity index (χ3n) is 5.03. The fourth-order valence-corrected chi connectivity index (χ4v) is 3.36. The van der Waals surface area contributed by atoms with Gasteiger partial charge in [-0.05, 0) is 47.3 Å². The van der Waals surface area contributed by atoms with Gasteiger partial charge in [0.05, 0.1) is 25.4 Å². The maximum Gasteiger partial charge on any atom is 0.343 e. The number of fused-ring (bicyclic) bond motifs is 1. The lowest BCUT2D eigenvalue weighted by atomic mass is 10.1. The van der Waals surface area contributed by atoms with Gasteiger partial charge in [-0.25, -0.2) is 10.2 Å². The number of esters is 1. The molecule has 0 fully saturated rings. The summed E-state index contributed by atoms with van der Waals surface area (Å²) in [5, 5.41) is 9.28. The number of methoxy groups -OCH3 is 1. The van der Waals surface area contributed by atoms with Gasteiger partial charge in [-0.3, -0.25) is 4.79 Å². The van der Waals surface area contributed by atoms with E-state index in [2.05, 4.69) is 15.8 Å². The number of hydrogen-bond acceptors (Lipinski definition) is 6.